The molecule has 3 aromatic carbocycles. The van der Waals surface area contributed by atoms with Gasteiger partial charge in [-0.2, -0.15) is 13.2 Å². The minimum Gasteiger partial charge on any atom is -0.366 e. The highest BCUT2D eigenvalue weighted by molar-refractivity contribution is 6.32. The molecule has 0 spiro atoms. The molecule has 1 aliphatic heterocycles. The molecule has 4 rings (SSSR count). The number of fused-ring (bicyclic) bond motifs is 1. The van der Waals surface area contributed by atoms with Crippen LogP contribution in [0, 0.1) is 6.92 Å². The second-order valence-electron chi connectivity index (χ2n) is 7.84. The summed E-state index contributed by atoms with van der Waals surface area (Å²) in [5, 5.41) is 7.24. The monoisotopic (exact) mass is 457 g/mol. The van der Waals surface area contributed by atoms with E-state index in [1.54, 1.807) is 19.2 Å². The van der Waals surface area contributed by atoms with Gasteiger partial charge in [-0.15, -0.1) is 0 Å². The molecular weight excluding hydrogens is 435 g/mol. The summed E-state index contributed by atoms with van der Waals surface area (Å²) in [6.45, 7) is 6.12. The molecule has 0 aliphatic carbocycles. The molecule has 7 heteroatoms. The van der Waals surface area contributed by atoms with E-state index in [1.165, 1.54) is 12.1 Å². The van der Waals surface area contributed by atoms with E-state index in [1.807, 2.05) is 48.2 Å². The SMILES string of the molecule is C=C(NC1c2ccccc2NC(c2ccccc2C(F)(F)F)N1C)c1c(C)cccc1Cl. The van der Waals surface area contributed by atoms with E-state index in [4.69, 9.17) is 11.6 Å². The van der Waals surface area contributed by atoms with Crippen molar-refractivity contribution in [2.24, 2.45) is 0 Å². The number of nitrogens with one attached hydrogen (secondary N) is 2. The second-order valence-corrected chi connectivity index (χ2v) is 8.25. The van der Waals surface area contributed by atoms with Crippen LogP contribution in [0.5, 0.6) is 0 Å². The molecule has 166 valence electrons. The minimum atomic E-state index is -4.46. The quantitative estimate of drug-likeness (QED) is 0.442. The maximum atomic E-state index is 13.8. The Kier molecular flexibility index (Phi) is 5.93. The number of halogens is 4. The molecule has 0 bridgehead atoms. The zero-order chi connectivity index (χ0) is 23.0. The predicted octanol–water partition coefficient (Wildman–Crippen LogP) is 6.98. The minimum absolute atomic E-state index is 0.156. The van der Waals surface area contributed by atoms with E-state index in [2.05, 4.69) is 17.2 Å². The van der Waals surface area contributed by atoms with Gasteiger partial charge in [-0.05, 0) is 37.7 Å². The molecule has 3 aromatic rings. The molecule has 32 heavy (non-hydrogen) atoms. The lowest BCUT2D eigenvalue weighted by molar-refractivity contribution is -0.138. The molecule has 2 atom stereocenters. The van der Waals surface area contributed by atoms with Gasteiger partial charge < -0.3 is 10.6 Å². The zero-order valence-electron chi connectivity index (χ0n) is 17.7. The molecule has 0 aromatic heterocycles. The molecule has 0 amide bonds. The van der Waals surface area contributed by atoms with Crippen molar-refractivity contribution < 1.29 is 13.2 Å². The molecule has 3 nitrogen and oxygen atoms in total. The Morgan fingerprint density at radius 3 is 2.34 bits per heavy atom. The first kappa shape index (κ1) is 22.2. The van der Waals surface area contributed by atoms with Crippen LogP contribution >= 0.6 is 11.6 Å². The van der Waals surface area contributed by atoms with E-state index < -0.39 is 24.1 Å². The van der Waals surface area contributed by atoms with Crippen molar-refractivity contribution in [3.8, 4) is 0 Å². The first-order chi connectivity index (χ1) is 15.2. The Morgan fingerprint density at radius 2 is 1.66 bits per heavy atom. The molecule has 0 fully saturated rings. The predicted molar refractivity (Wildman–Crippen MR) is 123 cm³/mol. The van der Waals surface area contributed by atoms with Gasteiger partial charge >= 0.3 is 6.18 Å². The van der Waals surface area contributed by atoms with Gasteiger partial charge in [0.1, 0.15) is 12.3 Å². The van der Waals surface area contributed by atoms with Gasteiger partial charge in [-0.25, -0.2) is 0 Å². The summed E-state index contributed by atoms with van der Waals surface area (Å²) in [6.07, 6.45) is -5.60. The number of anilines is 1. The van der Waals surface area contributed by atoms with Crippen molar-refractivity contribution >= 4 is 23.0 Å². The molecule has 2 unspecified atom stereocenters. The maximum Gasteiger partial charge on any atom is 0.416 e. The Balaban J connectivity index is 1.76. The van der Waals surface area contributed by atoms with Gasteiger partial charge in [-0.3, -0.25) is 4.90 Å². The Hall–Kier alpha value is -2.96. The number of hydrogen-bond acceptors (Lipinski definition) is 3. The van der Waals surface area contributed by atoms with Crippen LogP contribution in [0.25, 0.3) is 5.70 Å². The number of para-hydroxylation sites is 1. The van der Waals surface area contributed by atoms with Crippen LogP contribution in [0.2, 0.25) is 5.02 Å². The van der Waals surface area contributed by atoms with Crippen molar-refractivity contribution in [3.63, 3.8) is 0 Å². The third-order valence-corrected chi connectivity index (χ3v) is 6.07. The van der Waals surface area contributed by atoms with E-state index in [0.29, 0.717) is 10.7 Å². The number of aryl methyl sites for hydroxylation is 1. The van der Waals surface area contributed by atoms with Gasteiger partial charge in [0.2, 0.25) is 0 Å². The highest BCUT2D eigenvalue weighted by Crippen LogP contribution is 2.43. The van der Waals surface area contributed by atoms with Crippen molar-refractivity contribution in [3.05, 3.63) is 106 Å². The Bertz CT molecular complexity index is 1140. The van der Waals surface area contributed by atoms with Crippen LogP contribution < -0.4 is 10.6 Å². The fourth-order valence-corrected chi connectivity index (χ4v) is 4.54. The van der Waals surface area contributed by atoms with Gasteiger partial charge in [0.25, 0.3) is 0 Å². The summed E-state index contributed by atoms with van der Waals surface area (Å²) in [4.78, 5) is 1.84. The highest BCUT2D eigenvalue weighted by Gasteiger charge is 2.39. The molecular formula is C25H23ClF3N3. The summed E-state index contributed by atoms with van der Waals surface area (Å²) in [5.41, 5.74) is 3.50. The lowest BCUT2D eigenvalue weighted by atomic mass is 9.97. The van der Waals surface area contributed by atoms with Crippen molar-refractivity contribution in [1.29, 1.82) is 0 Å². The molecule has 1 aliphatic rings. The number of hydrogen-bond donors (Lipinski definition) is 2. The Labute approximate surface area is 190 Å². The van der Waals surface area contributed by atoms with E-state index >= 15 is 0 Å². The van der Waals surface area contributed by atoms with Crippen LogP contribution in [0.4, 0.5) is 18.9 Å². The lowest BCUT2D eigenvalue weighted by Gasteiger charge is -2.43. The smallest absolute Gasteiger partial charge is 0.366 e. The van der Waals surface area contributed by atoms with Crippen LogP contribution in [-0.4, -0.2) is 11.9 Å². The molecule has 0 saturated heterocycles. The van der Waals surface area contributed by atoms with Crippen LogP contribution in [0.15, 0.2) is 73.3 Å². The van der Waals surface area contributed by atoms with E-state index in [9.17, 15) is 13.2 Å². The number of alkyl halides is 3. The van der Waals surface area contributed by atoms with Crippen molar-refractivity contribution in [1.82, 2.24) is 10.2 Å². The first-order valence-electron chi connectivity index (χ1n) is 10.1. The van der Waals surface area contributed by atoms with Crippen LogP contribution in [0.1, 0.15) is 40.1 Å². The number of benzene rings is 3. The standard InChI is InChI=1S/C25H23ClF3N3/c1-15-9-8-13-20(26)22(15)16(2)30-24-18-11-5-7-14-21(18)31-23(32(24)3)17-10-4-6-12-19(17)25(27,28)29/h4-14,23-24,30-31H,2H2,1,3H3. The van der Waals surface area contributed by atoms with Crippen LogP contribution in [-0.2, 0) is 6.18 Å². The normalized spacial score (nSPS) is 18.6. The van der Waals surface area contributed by atoms with Gasteiger partial charge in [0.05, 0.1) is 10.6 Å². The first-order valence-corrected chi connectivity index (χ1v) is 10.5. The fraction of sp³-hybridized carbons (Fsp3) is 0.200. The summed E-state index contributed by atoms with van der Waals surface area (Å²) in [6, 6.07) is 18.8. The summed E-state index contributed by atoms with van der Waals surface area (Å²) < 4.78 is 41.3. The van der Waals surface area contributed by atoms with Crippen LogP contribution in [0.3, 0.4) is 0 Å². The molecule has 2 N–H and O–H groups in total. The molecule has 0 radical (unpaired) electrons. The Morgan fingerprint density at radius 1 is 1.00 bits per heavy atom. The fourth-order valence-electron chi connectivity index (χ4n) is 4.21. The summed E-state index contributed by atoms with van der Waals surface area (Å²) in [5.74, 6) is 0. The second kappa shape index (κ2) is 8.52. The average molecular weight is 458 g/mol. The third-order valence-electron chi connectivity index (χ3n) is 5.76. The maximum absolute atomic E-state index is 13.8. The largest absolute Gasteiger partial charge is 0.416 e. The topological polar surface area (TPSA) is 27.3 Å². The highest BCUT2D eigenvalue weighted by atomic mass is 35.5. The lowest BCUT2D eigenvalue weighted by Crippen LogP contribution is -2.44. The van der Waals surface area contributed by atoms with Crippen molar-refractivity contribution in [2.75, 3.05) is 12.4 Å². The average Bonchev–Trinajstić information content (AvgIpc) is 2.75. The number of nitrogens with zero attached hydrogens (tertiary/aromatic N) is 1. The van der Waals surface area contributed by atoms with Gasteiger partial charge in [-0.1, -0.05) is 66.7 Å². The molecule has 1 heterocycles. The van der Waals surface area contributed by atoms with E-state index in [-0.39, 0.29) is 5.56 Å². The summed E-state index contributed by atoms with van der Waals surface area (Å²) in [7, 11) is 1.78. The molecule has 0 saturated carbocycles. The zero-order valence-corrected chi connectivity index (χ0v) is 18.4. The summed E-state index contributed by atoms with van der Waals surface area (Å²) >= 11 is 6.42. The number of rotatable bonds is 4. The van der Waals surface area contributed by atoms with Crippen molar-refractivity contribution in [2.45, 2.75) is 25.4 Å². The van der Waals surface area contributed by atoms with E-state index in [0.717, 1.165) is 28.4 Å². The van der Waals surface area contributed by atoms with Gasteiger partial charge in [0, 0.05) is 28.1 Å². The third kappa shape index (κ3) is 4.08. The van der Waals surface area contributed by atoms with Gasteiger partial charge in [0.15, 0.2) is 0 Å².